The molecule has 1 aromatic rings. The maximum absolute atomic E-state index is 12.7. The number of rotatable bonds is 7. The van der Waals surface area contributed by atoms with E-state index >= 15 is 0 Å². The molecule has 1 atom stereocenters. The molecule has 2 rings (SSSR count). The summed E-state index contributed by atoms with van der Waals surface area (Å²) < 4.78 is 28.5. The molecule has 7 nitrogen and oxygen atoms in total. The van der Waals surface area contributed by atoms with Crippen molar-refractivity contribution in [1.82, 2.24) is 19.5 Å². The van der Waals surface area contributed by atoms with Gasteiger partial charge in [-0.1, -0.05) is 13.3 Å². The third-order valence-electron chi connectivity index (χ3n) is 4.29. The summed E-state index contributed by atoms with van der Waals surface area (Å²) in [5.74, 6) is -0.262. The molecule has 0 unspecified atom stereocenters. The van der Waals surface area contributed by atoms with E-state index in [4.69, 9.17) is 0 Å². The van der Waals surface area contributed by atoms with E-state index in [-0.39, 0.29) is 29.3 Å². The molecule has 0 saturated carbocycles. The summed E-state index contributed by atoms with van der Waals surface area (Å²) >= 11 is 0. The van der Waals surface area contributed by atoms with Gasteiger partial charge in [0.25, 0.3) is 5.91 Å². The van der Waals surface area contributed by atoms with Crippen LogP contribution in [-0.2, 0) is 17.1 Å². The molecule has 1 amide bonds. The van der Waals surface area contributed by atoms with Gasteiger partial charge in [-0.3, -0.25) is 4.79 Å². The maximum Gasteiger partial charge on any atom is 0.267 e. The topological polar surface area (TPSA) is 83.4 Å². The fraction of sp³-hybridized carbons (Fsp3) is 0.688. The molecular formula is C16H29ClN4O3S. The van der Waals surface area contributed by atoms with Crippen molar-refractivity contribution in [2.45, 2.75) is 44.0 Å². The summed E-state index contributed by atoms with van der Waals surface area (Å²) in [7, 11) is -1.82. The van der Waals surface area contributed by atoms with Gasteiger partial charge in [-0.15, -0.1) is 12.4 Å². The van der Waals surface area contributed by atoms with Crippen molar-refractivity contribution in [3.8, 4) is 0 Å². The van der Waals surface area contributed by atoms with Gasteiger partial charge in [0, 0.05) is 38.9 Å². The fourth-order valence-corrected chi connectivity index (χ4v) is 4.50. The molecule has 1 fully saturated rings. The number of aryl methyl sites for hydroxylation is 1. The lowest BCUT2D eigenvalue weighted by atomic mass is 10.2. The van der Waals surface area contributed by atoms with E-state index in [9.17, 15) is 13.2 Å². The molecule has 2 heterocycles. The number of amides is 1. The number of carbonyl (C=O) groups excluding carboxylic acids is 1. The summed E-state index contributed by atoms with van der Waals surface area (Å²) in [5, 5.41) is 6.05. The first-order chi connectivity index (χ1) is 11.4. The molecule has 1 aliphatic heterocycles. The number of likely N-dealkylation sites (N-methyl/N-ethyl adjacent to an activating group) is 1. The largest absolute Gasteiger partial charge is 0.349 e. The Hall–Kier alpha value is -1.09. The number of halogens is 1. The number of piperidine rings is 1. The molecule has 0 aromatic carbocycles. The average molecular weight is 393 g/mol. The van der Waals surface area contributed by atoms with Crippen molar-refractivity contribution in [3.05, 3.63) is 18.0 Å². The summed E-state index contributed by atoms with van der Waals surface area (Å²) in [5.41, 5.74) is 0.356. The summed E-state index contributed by atoms with van der Waals surface area (Å²) in [6.45, 7) is 6.43. The second-order valence-corrected chi connectivity index (χ2v) is 8.24. The number of nitrogens with one attached hydrogen (secondary N) is 2. The Kier molecular flexibility index (Phi) is 8.40. The minimum atomic E-state index is -3.52. The Balaban J connectivity index is 0.00000312. The lowest BCUT2D eigenvalue weighted by Gasteiger charge is -2.25. The minimum Gasteiger partial charge on any atom is -0.349 e. The molecule has 25 heavy (non-hydrogen) atoms. The molecule has 0 radical (unpaired) electrons. The van der Waals surface area contributed by atoms with Crippen molar-refractivity contribution >= 4 is 28.3 Å². The first-order valence-corrected chi connectivity index (χ1v) is 9.98. The van der Waals surface area contributed by atoms with E-state index in [0.717, 1.165) is 25.8 Å². The molecular weight excluding hydrogens is 364 g/mol. The van der Waals surface area contributed by atoms with E-state index in [1.165, 1.54) is 16.6 Å². The van der Waals surface area contributed by atoms with Crippen LogP contribution in [0, 0.1) is 0 Å². The zero-order valence-electron chi connectivity index (χ0n) is 15.1. The van der Waals surface area contributed by atoms with Gasteiger partial charge < -0.3 is 15.2 Å². The van der Waals surface area contributed by atoms with Gasteiger partial charge in [-0.05, 0) is 32.4 Å². The van der Waals surface area contributed by atoms with Crippen LogP contribution in [0.4, 0.5) is 0 Å². The molecule has 1 saturated heterocycles. The lowest BCUT2D eigenvalue weighted by molar-refractivity contribution is 0.0942. The highest BCUT2D eigenvalue weighted by atomic mass is 35.5. The highest BCUT2D eigenvalue weighted by molar-refractivity contribution is 7.89. The number of sulfonamides is 1. The first kappa shape index (κ1) is 22.0. The standard InChI is InChI=1S/C16H28N4O3S.ClH/c1-4-17-13(2)11-18-16(21)15-10-14(12-19(15)3)24(22,23)20-8-6-5-7-9-20;/h10,12-13,17H,4-9,11H2,1-3H3,(H,18,21);1H/t13-;/m1./s1. The zero-order valence-corrected chi connectivity index (χ0v) is 16.8. The van der Waals surface area contributed by atoms with Crippen LogP contribution >= 0.6 is 12.4 Å². The van der Waals surface area contributed by atoms with Crippen molar-refractivity contribution in [1.29, 1.82) is 0 Å². The quantitative estimate of drug-likeness (QED) is 0.733. The predicted octanol–water partition coefficient (Wildman–Crippen LogP) is 1.35. The Morgan fingerprint density at radius 3 is 2.52 bits per heavy atom. The van der Waals surface area contributed by atoms with E-state index in [2.05, 4.69) is 10.6 Å². The first-order valence-electron chi connectivity index (χ1n) is 8.54. The van der Waals surface area contributed by atoms with Gasteiger partial charge in [0.15, 0.2) is 0 Å². The highest BCUT2D eigenvalue weighted by Crippen LogP contribution is 2.22. The van der Waals surface area contributed by atoms with Gasteiger partial charge in [0.1, 0.15) is 10.6 Å². The Bertz CT molecular complexity index is 669. The number of hydrogen-bond donors (Lipinski definition) is 2. The van der Waals surface area contributed by atoms with E-state index in [1.807, 2.05) is 13.8 Å². The van der Waals surface area contributed by atoms with Gasteiger partial charge in [0.05, 0.1) is 0 Å². The molecule has 144 valence electrons. The Labute approximate surface area is 156 Å². The van der Waals surface area contributed by atoms with Crippen LogP contribution in [0.25, 0.3) is 0 Å². The van der Waals surface area contributed by atoms with Crippen LogP contribution < -0.4 is 10.6 Å². The smallest absolute Gasteiger partial charge is 0.267 e. The van der Waals surface area contributed by atoms with Gasteiger partial charge >= 0.3 is 0 Å². The van der Waals surface area contributed by atoms with Crippen LogP contribution in [0.2, 0.25) is 0 Å². The number of nitrogens with zero attached hydrogens (tertiary/aromatic N) is 2. The summed E-state index contributed by atoms with van der Waals surface area (Å²) in [6.07, 6.45) is 4.37. The lowest BCUT2D eigenvalue weighted by Crippen LogP contribution is -2.39. The third kappa shape index (κ3) is 5.44. The zero-order chi connectivity index (χ0) is 17.7. The van der Waals surface area contributed by atoms with Gasteiger partial charge in [-0.2, -0.15) is 4.31 Å². The van der Waals surface area contributed by atoms with Crippen molar-refractivity contribution < 1.29 is 13.2 Å². The highest BCUT2D eigenvalue weighted by Gasteiger charge is 2.28. The van der Waals surface area contributed by atoms with Crippen molar-refractivity contribution in [2.75, 3.05) is 26.2 Å². The number of hydrogen-bond acceptors (Lipinski definition) is 4. The molecule has 0 aliphatic carbocycles. The summed E-state index contributed by atoms with van der Waals surface area (Å²) in [6, 6.07) is 1.63. The summed E-state index contributed by atoms with van der Waals surface area (Å²) in [4.78, 5) is 12.5. The maximum atomic E-state index is 12.7. The monoisotopic (exact) mass is 392 g/mol. The Morgan fingerprint density at radius 1 is 1.28 bits per heavy atom. The molecule has 1 aromatic heterocycles. The number of carbonyl (C=O) groups is 1. The molecule has 2 N–H and O–H groups in total. The minimum absolute atomic E-state index is 0. The van der Waals surface area contributed by atoms with Crippen LogP contribution in [0.3, 0.4) is 0 Å². The molecule has 9 heteroatoms. The van der Waals surface area contributed by atoms with Gasteiger partial charge in [-0.25, -0.2) is 8.42 Å². The average Bonchev–Trinajstić information content (AvgIpc) is 2.96. The second kappa shape index (κ2) is 9.56. The van der Waals surface area contributed by atoms with Crippen LogP contribution in [0.5, 0.6) is 0 Å². The van der Waals surface area contributed by atoms with E-state index in [1.54, 1.807) is 11.6 Å². The number of aromatic nitrogens is 1. The molecule has 0 spiro atoms. The van der Waals surface area contributed by atoms with E-state index in [0.29, 0.717) is 25.3 Å². The molecule has 1 aliphatic rings. The normalized spacial score (nSPS) is 16.9. The van der Waals surface area contributed by atoms with Gasteiger partial charge in [0.2, 0.25) is 10.0 Å². The van der Waals surface area contributed by atoms with Crippen molar-refractivity contribution in [2.24, 2.45) is 7.05 Å². The van der Waals surface area contributed by atoms with Crippen molar-refractivity contribution in [3.63, 3.8) is 0 Å². The van der Waals surface area contributed by atoms with Crippen LogP contribution in [-0.4, -0.2) is 55.4 Å². The fourth-order valence-electron chi connectivity index (χ4n) is 2.91. The Morgan fingerprint density at radius 2 is 1.92 bits per heavy atom. The van der Waals surface area contributed by atoms with E-state index < -0.39 is 10.0 Å². The third-order valence-corrected chi connectivity index (χ3v) is 6.15. The predicted molar refractivity (Wildman–Crippen MR) is 101 cm³/mol. The van der Waals surface area contributed by atoms with Crippen LogP contribution in [0.15, 0.2) is 17.2 Å². The molecule has 0 bridgehead atoms. The SMILES string of the molecule is CCN[C@H](C)CNC(=O)c1cc(S(=O)(=O)N2CCCCC2)cn1C.Cl. The van der Waals surface area contributed by atoms with Crippen LogP contribution in [0.1, 0.15) is 43.6 Å². The second-order valence-electron chi connectivity index (χ2n) is 6.31.